The van der Waals surface area contributed by atoms with Gasteiger partial charge in [0.25, 0.3) is 0 Å². The highest BCUT2D eigenvalue weighted by atomic mass is 15.1. The minimum Gasteiger partial charge on any atom is -0.330 e. The molecule has 0 bridgehead atoms. The van der Waals surface area contributed by atoms with Gasteiger partial charge in [0.2, 0.25) is 0 Å². The maximum atomic E-state index is 5.70. The summed E-state index contributed by atoms with van der Waals surface area (Å²) in [6, 6.07) is 0. The van der Waals surface area contributed by atoms with Crippen LogP contribution in [-0.2, 0) is 0 Å². The Hall–Kier alpha value is -0.0800. The predicted molar refractivity (Wildman–Crippen MR) is 80.8 cm³/mol. The van der Waals surface area contributed by atoms with Crippen molar-refractivity contribution in [2.75, 3.05) is 26.2 Å². The summed E-state index contributed by atoms with van der Waals surface area (Å²) in [7, 11) is 0. The van der Waals surface area contributed by atoms with E-state index in [2.05, 4.69) is 18.7 Å². The molecule has 1 fully saturated rings. The van der Waals surface area contributed by atoms with Crippen LogP contribution in [0.25, 0.3) is 0 Å². The summed E-state index contributed by atoms with van der Waals surface area (Å²) in [5.41, 5.74) is 5.70. The van der Waals surface area contributed by atoms with E-state index in [1.807, 2.05) is 0 Å². The number of hydrogen-bond donors (Lipinski definition) is 1. The van der Waals surface area contributed by atoms with Gasteiger partial charge in [-0.25, -0.2) is 0 Å². The van der Waals surface area contributed by atoms with E-state index in [1.54, 1.807) is 0 Å². The van der Waals surface area contributed by atoms with Gasteiger partial charge in [-0.1, -0.05) is 26.7 Å². The summed E-state index contributed by atoms with van der Waals surface area (Å²) in [5.74, 6) is 1.82. The van der Waals surface area contributed by atoms with Crippen molar-refractivity contribution in [2.24, 2.45) is 17.6 Å². The lowest BCUT2D eigenvalue weighted by Crippen LogP contribution is -2.26. The number of hydrogen-bond acceptors (Lipinski definition) is 2. The molecule has 0 aromatic carbocycles. The molecule has 0 amide bonds. The van der Waals surface area contributed by atoms with Gasteiger partial charge in [0.1, 0.15) is 0 Å². The Morgan fingerprint density at radius 1 is 1.17 bits per heavy atom. The van der Waals surface area contributed by atoms with Gasteiger partial charge >= 0.3 is 0 Å². The molecule has 1 rings (SSSR count). The zero-order valence-corrected chi connectivity index (χ0v) is 12.7. The molecule has 0 aromatic heterocycles. The number of nitrogens with two attached hydrogens (primary N) is 1. The van der Waals surface area contributed by atoms with Crippen LogP contribution < -0.4 is 5.73 Å². The number of likely N-dealkylation sites (tertiary alicyclic amines) is 1. The smallest absolute Gasteiger partial charge is 0.00162 e. The van der Waals surface area contributed by atoms with E-state index < -0.39 is 0 Å². The second-order valence-corrected chi connectivity index (χ2v) is 6.25. The van der Waals surface area contributed by atoms with Crippen molar-refractivity contribution in [2.45, 2.75) is 65.2 Å². The molecular formula is C16H34N2. The maximum Gasteiger partial charge on any atom is -0.00162 e. The molecular weight excluding hydrogens is 220 g/mol. The third-order valence-electron chi connectivity index (χ3n) is 4.47. The fourth-order valence-corrected chi connectivity index (χ4v) is 3.23. The van der Waals surface area contributed by atoms with Crippen LogP contribution >= 0.6 is 0 Å². The first-order valence-electron chi connectivity index (χ1n) is 8.18. The SMILES string of the molecule is CCCC(CCN)CCCN1CCCC(C)CC1. The Kier molecular flexibility index (Phi) is 8.70. The van der Waals surface area contributed by atoms with Gasteiger partial charge in [0.05, 0.1) is 0 Å². The van der Waals surface area contributed by atoms with Crippen LogP contribution in [0.1, 0.15) is 65.2 Å². The summed E-state index contributed by atoms with van der Waals surface area (Å²) in [6.07, 6.45) is 10.9. The topological polar surface area (TPSA) is 29.3 Å². The van der Waals surface area contributed by atoms with E-state index in [-0.39, 0.29) is 0 Å². The molecule has 1 heterocycles. The third-order valence-corrected chi connectivity index (χ3v) is 4.47. The Morgan fingerprint density at radius 2 is 2.00 bits per heavy atom. The van der Waals surface area contributed by atoms with E-state index in [4.69, 9.17) is 5.73 Å². The second kappa shape index (κ2) is 9.80. The molecule has 1 aliphatic heterocycles. The average molecular weight is 254 g/mol. The molecule has 2 atom stereocenters. The third kappa shape index (κ3) is 6.75. The molecule has 2 N–H and O–H groups in total. The predicted octanol–water partition coefficient (Wildman–Crippen LogP) is 3.65. The van der Waals surface area contributed by atoms with Gasteiger partial charge in [-0.3, -0.25) is 0 Å². The van der Waals surface area contributed by atoms with Crippen molar-refractivity contribution in [3.63, 3.8) is 0 Å². The highest BCUT2D eigenvalue weighted by Gasteiger charge is 2.14. The van der Waals surface area contributed by atoms with E-state index in [0.29, 0.717) is 0 Å². The van der Waals surface area contributed by atoms with E-state index in [9.17, 15) is 0 Å². The largest absolute Gasteiger partial charge is 0.330 e. The molecule has 0 aromatic rings. The van der Waals surface area contributed by atoms with Gasteiger partial charge in [0.15, 0.2) is 0 Å². The van der Waals surface area contributed by atoms with Gasteiger partial charge in [-0.15, -0.1) is 0 Å². The molecule has 18 heavy (non-hydrogen) atoms. The zero-order valence-electron chi connectivity index (χ0n) is 12.7. The fourth-order valence-electron chi connectivity index (χ4n) is 3.23. The zero-order chi connectivity index (χ0) is 13.2. The van der Waals surface area contributed by atoms with Crippen LogP contribution in [0.2, 0.25) is 0 Å². The minimum atomic E-state index is 0.867. The molecule has 108 valence electrons. The Morgan fingerprint density at radius 3 is 2.72 bits per heavy atom. The normalized spacial score (nSPS) is 23.8. The highest BCUT2D eigenvalue weighted by Crippen LogP contribution is 2.19. The molecule has 0 spiro atoms. The van der Waals surface area contributed by atoms with E-state index in [0.717, 1.165) is 18.4 Å². The number of nitrogens with zero attached hydrogens (tertiary/aromatic N) is 1. The van der Waals surface area contributed by atoms with Crippen LogP contribution in [0.3, 0.4) is 0 Å². The average Bonchev–Trinajstić information content (AvgIpc) is 2.55. The van der Waals surface area contributed by atoms with Crippen molar-refractivity contribution >= 4 is 0 Å². The van der Waals surface area contributed by atoms with Crippen molar-refractivity contribution < 1.29 is 0 Å². The summed E-state index contributed by atoms with van der Waals surface area (Å²) >= 11 is 0. The first-order valence-corrected chi connectivity index (χ1v) is 8.18. The highest BCUT2D eigenvalue weighted by molar-refractivity contribution is 4.68. The maximum absolute atomic E-state index is 5.70. The Balaban J connectivity index is 2.14. The summed E-state index contributed by atoms with van der Waals surface area (Å²) in [5, 5.41) is 0. The fraction of sp³-hybridized carbons (Fsp3) is 1.00. The van der Waals surface area contributed by atoms with Crippen LogP contribution in [0.15, 0.2) is 0 Å². The molecule has 0 saturated carbocycles. The summed E-state index contributed by atoms with van der Waals surface area (Å²) < 4.78 is 0. The van der Waals surface area contributed by atoms with E-state index >= 15 is 0 Å². The van der Waals surface area contributed by atoms with E-state index in [1.165, 1.54) is 71.0 Å². The molecule has 0 aliphatic carbocycles. The van der Waals surface area contributed by atoms with Crippen molar-refractivity contribution in [3.05, 3.63) is 0 Å². The van der Waals surface area contributed by atoms with Crippen LogP contribution in [0.4, 0.5) is 0 Å². The molecule has 2 nitrogen and oxygen atoms in total. The number of rotatable bonds is 8. The van der Waals surface area contributed by atoms with Crippen LogP contribution in [0.5, 0.6) is 0 Å². The molecule has 0 radical (unpaired) electrons. The molecule has 2 unspecified atom stereocenters. The van der Waals surface area contributed by atoms with Crippen LogP contribution in [-0.4, -0.2) is 31.1 Å². The molecule has 1 saturated heterocycles. The van der Waals surface area contributed by atoms with Gasteiger partial charge in [0, 0.05) is 0 Å². The van der Waals surface area contributed by atoms with Crippen molar-refractivity contribution in [3.8, 4) is 0 Å². The first kappa shape index (κ1) is 16.0. The van der Waals surface area contributed by atoms with Crippen molar-refractivity contribution in [1.29, 1.82) is 0 Å². The summed E-state index contributed by atoms with van der Waals surface area (Å²) in [6.45, 7) is 9.54. The summed E-state index contributed by atoms with van der Waals surface area (Å²) in [4.78, 5) is 2.69. The lowest BCUT2D eigenvalue weighted by Gasteiger charge is -2.21. The van der Waals surface area contributed by atoms with Gasteiger partial charge < -0.3 is 10.6 Å². The second-order valence-electron chi connectivity index (χ2n) is 6.25. The Labute approximate surface area is 114 Å². The van der Waals surface area contributed by atoms with Crippen molar-refractivity contribution in [1.82, 2.24) is 4.90 Å². The molecule has 2 heteroatoms. The minimum absolute atomic E-state index is 0.867. The Bertz CT molecular complexity index is 188. The quantitative estimate of drug-likeness (QED) is 0.716. The lowest BCUT2D eigenvalue weighted by molar-refractivity contribution is 0.263. The first-order chi connectivity index (χ1) is 8.76. The lowest BCUT2D eigenvalue weighted by atomic mass is 9.94. The molecule has 1 aliphatic rings. The standard InChI is InChI=1S/C16H34N2/c1-3-6-16(9-11-17)8-5-13-18-12-4-7-15(2)10-14-18/h15-16H,3-14,17H2,1-2H3. The monoisotopic (exact) mass is 254 g/mol. The van der Waals surface area contributed by atoms with Gasteiger partial charge in [-0.05, 0) is 76.5 Å². The van der Waals surface area contributed by atoms with Crippen LogP contribution in [0, 0.1) is 11.8 Å². The van der Waals surface area contributed by atoms with Gasteiger partial charge in [-0.2, -0.15) is 0 Å².